The van der Waals surface area contributed by atoms with Gasteiger partial charge in [-0.1, -0.05) is 18.2 Å². The van der Waals surface area contributed by atoms with Crippen LogP contribution in [0.3, 0.4) is 0 Å². The number of hydrogen-bond donors (Lipinski definition) is 0. The number of benzene rings is 2. The highest BCUT2D eigenvalue weighted by Gasteiger charge is 2.32. The molecule has 0 aliphatic rings. The van der Waals surface area contributed by atoms with Crippen LogP contribution in [0.25, 0.3) is 16.8 Å². The molecule has 0 atom stereocenters. The zero-order chi connectivity index (χ0) is 20.6. The van der Waals surface area contributed by atoms with Crippen LogP contribution in [0.5, 0.6) is 5.75 Å². The Morgan fingerprint density at radius 3 is 2.45 bits per heavy atom. The van der Waals surface area contributed by atoms with Crippen LogP contribution >= 0.6 is 0 Å². The van der Waals surface area contributed by atoms with Gasteiger partial charge >= 0.3 is 6.36 Å². The highest BCUT2D eigenvalue weighted by atomic mass is 19.4. The smallest absolute Gasteiger partial charge is 0.405 e. The molecule has 2 aromatic carbocycles. The van der Waals surface area contributed by atoms with E-state index in [2.05, 4.69) is 9.84 Å². The molecule has 0 aliphatic heterocycles. The van der Waals surface area contributed by atoms with E-state index in [1.165, 1.54) is 51.8 Å². The lowest BCUT2D eigenvalue weighted by Gasteiger charge is -2.14. The molecule has 0 amide bonds. The number of ether oxygens (including phenoxy) is 1. The summed E-state index contributed by atoms with van der Waals surface area (Å²) in [6.07, 6.45) is -1.88. The number of hydrogen-bond acceptors (Lipinski definition) is 3. The maximum atomic E-state index is 13.1. The van der Waals surface area contributed by atoms with E-state index in [0.717, 1.165) is 0 Å². The van der Waals surface area contributed by atoms with Gasteiger partial charge in [0.25, 0.3) is 5.56 Å². The van der Waals surface area contributed by atoms with Gasteiger partial charge in [0.05, 0.1) is 12.2 Å². The van der Waals surface area contributed by atoms with Crippen LogP contribution in [0.2, 0.25) is 0 Å². The lowest BCUT2D eigenvalue weighted by atomic mass is 10.1. The molecule has 2 aromatic heterocycles. The van der Waals surface area contributed by atoms with Crippen LogP contribution in [0.1, 0.15) is 5.56 Å². The Bertz CT molecular complexity index is 1230. The predicted octanol–water partition coefficient (Wildman–Crippen LogP) is 4.25. The molecule has 0 fully saturated rings. The number of alkyl halides is 3. The Kier molecular flexibility index (Phi) is 4.57. The molecule has 4 rings (SSSR count). The Morgan fingerprint density at radius 2 is 1.72 bits per heavy atom. The van der Waals surface area contributed by atoms with Crippen molar-refractivity contribution in [3.63, 3.8) is 0 Å². The second-order valence-electron chi connectivity index (χ2n) is 6.25. The molecule has 5 nitrogen and oxygen atoms in total. The van der Waals surface area contributed by atoms with Crippen LogP contribution in [0.15, 0.2) is 71.8 Å². The van der Waals surface area contributed by atoms with Crippen LogP contribution in [0, 0.1) is 5.82 Å². The average Bonchev–Trinajstić information content (AvgIpc) is 3.10. The molecular formula is C20H13F4N3O2. The molecule has 9 heteroatoms. The summed E-state index contributed by atoms with van der Waals surface area (Å²) >= 11 is 0. The third-order valence-corrected chi connectivity index (χ3v) is 4.28. The van der Waals surface area contributed by atoms with Gasteiger partial charge in [0.2, 0.25) is 0 Å². The Hall–Kier alpha value is -3.62. The average molecular weight is 403 g/mol. The minimum Gasteiger partial charge on any atom is -0.405 e. The number of rotatable bonds is 4. The predicted molar refractivity (Wildman–Crippen MR) is 97.1 cm³/mol. The Morgan fingerprint density at radius 1 is 1.00 bits per heavy atom. The molecule has 29 heavy (non-hydrogen) atoms. The molecule has 0 bridgehead atoms. The standard InChI is InChI=1S/C20H13F4N3O2/c21-15-7-5-13(6-8-15)16-11-17-19(28)26(9-10-27(17)25-16)12-14-3-1-2-4-18(14)29-20(22,23)24/h1-11H,12H2. The van der Waals surface area contributed by atoms with Gasteiger partial charge < -0.3 is 9.30 Å². The van der Waals surface area contributed by atoms with Crippen molar-refractivity contribution in [1.29, 1.82) is 0 Å². The van der Waals surface area contributed by atoms with E-state index in [9.17, 15) is 22.4 Å². The van der Waals surface area contributed by atoms with Gasteiger partial charge in [0, 0.05) is 23.5 Å². The summed E-state index contributed by atoms with van der Waals surface area (Å²) in [7, 11) is 0. The largest absolute Gasteiger partial charge is 0.573 e. The van der Waals surface area contributed by atoms with E-state index in [1.54, 1.807) is 24.3 Å². The molecule has 0 saturated carbocycles. The Balaban J connectivity index is 1.70. The van der Waals surface area contributed by atoms with Crippen molar-refractivity contribution in [1.82, 2.24) is 14.2 Å². The minimum absolute atomic E-state index is 0.112. The highest BCUT2D eigenvalue weighted by molar-refractivity contribution is 5.65. The third-order valence-electron chi connectivity index (χ3n) is 4.28. The lowest BCUT2D eigenvalue weighted by molar-refractivity contribution is -0.274. The van der Waals surface area contributed by atoms with Crippen molar-refractivity contribution in [3.8, 4) is 17.0 Å². The van der Waals surface area contributed by atoms with Crippen molar-refractivity contribution in [3.05, 3.63) is 88.7 Å². The Labute approximate surface area is 161 Å². The van der Waals surface area contributed by atoms with E-state index < -0.39 is 11.9 Å². The van der Waals surface area contributed by atoms with Crippen LogP contribution in [-0.4, -0.2) is 20.5 Å². The van der Waals surface area contributed by atoms with Gasteiger partial charge in [0.1, 0.15) is 17.1 Å². The number of nitrogens with zero attached hydrogens (tertiary/aromatic N) is 3. The van der Waals surface area contributed by atoms with Gasteiger partial charge in [0.15, 0.2) is 0 Å². The minimum atomic E-state index is -4.83. The molecule has 0 saturated heterocycles. The van der Waals surface area contributed by atoms with Gasteiger partial charge in [-0.25, -0.2) is 8.91 Å². The quantitative estimate of drug-likeness (QED) is 0.479. The van der Waals surface area contributed by atoms with Crippen molar-refractivity contribution in [2.24, 2.45) is 0 Å². The zero-order valence-corrected chi connectivity index (χ0v) is 14.7. The summed E-state index contributed by atoms with van der Waals surface area (Å²) in [6, 6.07) is 12.8. The molecular weight excluding hydrogens is 390 g/mol. The monoisotopic (exact) mass is 403 g/mol. The molecule has 0 unspecified atom stereocenters. The van der Waals surface area contributed by atoms with Gasteiger partial charge in [-0.2, -0.15) is 5.10 Å². The van der Waals surface area contributed by atoms with E-state index in [1.807, 2.05) is 0 Å². The second kappa shape index (κ2) is 7.08. The van der Waals surface area contributed by atoms with Crippen molar-refractivity contribution < 1.29 is 22.3 Å². The summed E-state index contributed by atoms with van der Waals surface area (Å²) < 4.78 is 57.6. The van der Waals surface area contributed by atoms with Crippen LogP contribution in [-0.2, 0) is 6.54 Å². The normalized spacial score (nSPS) is 11.7. The first kappa shape index (κ1) is 18.7. The fraction of sp³-hybridized carbons (Fsp3) is 0.100. The maximum absolute atomic E-state index is 13.1. The van der Waals surface area contributed by atoms with E-state index in [-0.39, 0.29) is 29.2 Å². The summed E-state index contributed by atoms with van der Waals surface area (Å²) in [5.41, 5.74) is 1.11. The van der Waals surface area contributed by atoms with Crippen LogP contribution in [0.4, 0.5) is 17.6 Å². The first-order valence-corrected chi connectivity index (χ1v) is 8.48. The first-order valence-electron chi connectivity index (χ1n) is 8.48. The van der Waals surface area contributed by atoms with Crippen molar-refractivity contribution in [2.75, 3.05) is 0 Å². The van der Waals surface area contributed by atoms with Gasteiger partial charge in [-0.05, 0) is 36.4 Å². The maximum Gasteiger partial charge on any atom is 0.573 e. The zero-order valence-electron chi connectivity index (χ0n) is 14.7. The fourth-order valence-corrected chi connectivity index (χ4v) is 2.95. The van der Waals surface area contributed by atoms with Crippen molar-refractivity contribution >= 4 is 5.52 Å². The third kappa shape index (κ3) is 3.98. The fourth-order valence-electron chi connectivity index (χ4n) is 2.95. The lowest BCUT2D eigenvalue weighted by Crippen LogP contribution is -2.23. The number of halogens is 4. The van der Waals surface area contributed by atoms with E-state index in [4.69, 9.17) is 0 Å². The van der Waals surface area contributed by atoms with E-state index in [0.29, 0.717) is 11.3 Å². The summed E-state index contributed by atoms with van der Waals surface area (Å²) in [4.78, 5) is 12.8. The van der Waals surface area contributed by atoms with Crippen LogP contribution < -0.4 is 10.3 Å². The van der Waals surface area contributed by atoms with E-state index >= 15 is 0 Å². The highest BCUT2D eigenvalue weighted by Crippen LogP contribution is 2.26. The summed E-state index contributed by atoms with van der Waals surface area (Å²) in [6.45, 7) is -0.112. The molecule has 148 valence electrons. The molecule has 2 heterocycles. The number of fused-ring (bicyclic) bond motifs is 1. The molecule has 4 aromatic rings. The number of para-hydroxylation sites is 1. The molecule has 0 aliphatic carbocycles. The van der Waals surface area contributed by atoms with Crippen molar-refractivity contribution in [2.45, 2.75) is 12.9 Å². The molecule has 0 N–H and O–H groups in total. The number of aromatic nitrogens is 3. The molecule has 0 radical (unpaired) electrons. The SMILES string of the molecule is O=c1c2cc(-c3ccc(F)cc3)nn2ccn1Cc1ccccc1OC(F)(F)F. The summed E-state index contributed by atoms with van der Waals surface area (Å²) in [5.74, 6) is -0.758. The first-order chi connectivity index (χ1) is 13.8. The molecule has 0 spiro atoms. The van der Waals surface area contributed by atoms with Gasteiger partial charge in [-0.15, -0.1) is 13.2 Å². The van der Waals surface area contributed by atoms with Gasteiger partial charge in [-0.3, -0.25) is 4.79 Å². The topological polar surface area (TPSA) is 48.5 Å². The second-order valence-corrected chi connectivity index (χ2v) is 6.25. The summed E-state index contributed by atoms with van der Waals surface area (Å²) in [5, 5.41) is 4.30.